The molecule has 0 spiro atoms. The van der Waals surface area contributed by atoms with Crippen molar-refractivity contribution in [2.24, 2.45) is 0 Å². The molecule has 0 aromatic heterocycles. The summed E-state index contributed by atoms with van der Waals surface area (Å²) in [6, 6.07) is 18.0. The molecule has 2 fully saturated rings. The maximum absolute atomic E-state index is 13.0. The Bertz CT molecular complexity index is 831. The van der Waals surface area contributed by atoms with E-state index in [4.69, 9.17) is 0 Å². The van der Waals surface area contributed by atoms with Crippen LogP contribution in [0.25, 0.3) is 0 Å². The smallest absolute Gasteiger partial charge is 0.234 e. The molecule has 2 aliphatic rings. The molecule has 0 radical (unpaired) electrons. The van der Waals surface area contributed by atoms with Gasteiger partial charge in [0, 0.05) is 43.3 Å². The van der Waals surface area contributed by atoms with E-state index >= 15 is 0 Å². The van der Waals surface area contributed by atoms with Gasteiger partial charge in [-0.05, 0) is 49.6 Å². The number of phenolic OH excluding ortho intramolecular Hbond substituents is 1. The number of nitrogens with one attached hydrogen (secondary N) is 1. The van der Waals surface area contributed by atoms with Gasteiger partial charge in [0.15, 0.2) is 0 Å². The van der Waals surface area contributed by atoms with E-state index in [1.807, 2.05) is 18.2 Å². The van der Waals surface area contributed by atoms with Crippen molar-refractivity contribution in [2.45, 2.75) is 44.1 Å². The van der Waals surface area contributed by atoms with E-state index in [1.165, 1.54) is 17.7 Å². The fourth-order valence-electron chi connectivity index (χ4n) is 5.09. The highest BCUT2D eigenvalue weighted by molar-refractivity contribution is 5.79. The topological polar surface area (TPSA) is 55.8 Å². The Morgan fingerprint density at radius 3 is 2.43 bits per heavy atom. The Hall–Kier alpha value is -2.53. The van der Waals surface area contributed by atoms with Gasteiger partial charge in [-0.3, -0.25) is 9.69 Å². The minimum absolute atomic E-state index is 0.122. The number of para-hydroxylation sites is 1. The molecule has 1 saturated carbocycles. The van der Waals surface area contributed by atoms with E-state index in [-0.39, 0.29) is 23.1 Å². The van der Waals surface area contributed by atoms with Crippen LogP contribution in [-0.4, -0.2) is 54.2 Å². The van der Waals surface area contributed by atoms with Crippen LogP contribution in [-0.2, 0) is 4.79 Å². The molecule has 1 saturated heterocycles. The third-order valence-electron chi connectivity index (χ3n) is 6.79. The SMILES string of the molecule is C[C@]1(NC(=O)CN2CCN(c3ccccc3)CC2)CCCCC1c1ccc(O)cc1. The number of anilines is 1. The van der Waals surface area contributed by atoms with Crippen LogP contribution in [0.2, 0.25) is 0 Å². The monoisotopic (exact) mass is 407 g/mol. The number of amides is 1. The van der Waals surface area contributed by atoms with Crippen molar-refractivity contribution < 1.29 is 9.90 Å². The Kier molecular flexibility index (Phi) is 6.28. The van der Waals surface area contributed by atoms with E-state index in [2.05, 4.69) is 46.3 Å². The van der Waals surface area contributed by atoms with Crippen molar-refractivity contribution in [3.63, 3.8) is 0 Å². The lowest BCUT2D eigenvalue weighted by Gasteiger charge is -2.43. The van der Waals surface area contributed by atoms with Gasteiger partial charge in [0.2, 0.25) is 5.91 Å². The molecule has 5 heteroatoms. The van der Waals surface area contributed by atoms with Crippen LogP contribution in [0.3, 0.4) is 0 Å². The van der Waals surface area contributed by atoms with Gasteiger partial charge in [0.05, 0.1) is 6.54 Å². The third kappa shape index (κ3) is 4.78. The van der Waals surface area contributed by atoms with Crippen molar-refractivity contribution in [1.29, 1.82) is 0 Å². The van der Waals surface area contributed by atoms with Crippen molar-refractivity contribution in [3.8, 4) is 5.75 Å². The second kappa shape index (κ2) is 9.09. The van der Waals surface area contributed by atoms with Crippen LogP contribution >= 0.6 is 0 Å². The fraction of sp³-hybridized carbons (Fsp3) is 0.480. The first kappa shape index (κ1) is 20.7. The van der Waals surface area contributed by atoms with Gasteiger partial charge in [-0.1, -0.05) is 43.2 Å². The summed E-state index contributed by atoms with van der Waals surface area (Å²) < 4.78 is 0. The maximum atomic E-state index is 13.0. The van der Waals surface area contributed by atoms with Crippen LogP contribution in [0.5, 0.6) is 5.75 Å². The number of piperazine rings is 1. The molecular weight excluding hydrogens is 374 g/mol. The van der Waals surface area contributed by atoms with Gasteiger partial charge in [0.1, 0.15) is 5.75 Å². The lowest BCUT2D eigenvalue weighted by atomic mass is 9.70. The van der Waals surface area contributed by atoms with E-state index in [1.54, 1.807) is 12.1 Å². The molecule has 30 heavy (non-hydrogen) atoms. The molecule has 1 amide bonds. The van der Waals surface area contributed by atoms with Crippen LogP contribution in [0, 0.1) is 0 Å². The molecule has 5 nitrogen and oxygen atoms in total. The van der Waals surface area contributed by atoms with Gasteiger partial charge in [0.25, 0.3) is 0 Å². The fourth-order valence-corrected chi connectivity index (χ4v) is 5.09. The quantitative estimate of drug-likeness (QED) is 0.793. The van der Waals surface area contributed by atoms with Crippen LogP contribution in [0.15, 0.2) is 54.6 Å². The number of carbonyl (C=O) groups is 1. The maximum Gasteiger partial charge on any atom is 0.234 e. The van der Waals surface area contributed by atoms with Crippen LogP contribution in [0.4, 0.5) is 5.69 Å². The summed E-state index contributed by atoms with van der Waals surface area (Å²) >= 11 is 0. The van der Waals surface area contributed by atoms with Gasteiger partial charge in [-0.15, -0.1) is 0 Å². The molecule has 1 aliphatic carbocycles. The second-order valence-electron chi connectivity index (χ2n) is 8.95. The Labute approximate surface area is 179 Å². The zero-order chi connectivity index (χ0) is 21.0. The van der Waals surface area contributed by atoms with E-state index in [0.717, 1.165) is 45.4 Å². The van der Waals surface area contributed by atoms with Gasteiger partial charge < -0.3 is 15.3 Å². The Morgan fingerprint density at radius 2 is 1.73 bits per heavy atom. The predicted octanol–water partition coefficient (Wildman–Crippen LogP) is 3.75. The summed E-state index contributed by atoms with van der Waals surface area (Å²) in [6.45, 7) is 6.35. The van der Waals surface area contributed by atoms with Gasteiger partial charge in [-0.2, -0.15) is 0 Å². The molecule has 2 atom stereocenters. The molecule has 1 aliphatic heterocycles. The van der Waals surface area contributed by atoms with Crippen molar-refractivity contribution >= 4 is 11.6 Å². The molecule has 2 aromatic carbocycles. The lowest BCUT2D eigenvalue weighted by molar-refractivity contribution is -0.124. The molecule has 0 bridgehead atoms. The highest BCUT2D eigenvalue weighted by atomic mass is 16.3. The highest BCUT2D eigenvalue weighted by Crippen LogP contribution is 2.41. The summed E-state index contributed by atoms with van der Waals surface area (Å²) in [5.74, 6) is 0.692. The number of hydrogen-bond donors (Lipinski definition) is 2. The van der Waals surface area contributed by atoms with E-state index in [9.17, 15) is 9.90 Å². The van der Waals surface area contributed by atoms with E-state index in [0.29, 0.717) is 6.54 Å². The standard InChI is InChI=1S/C25H33N3O2/c1-25(14-6-5-9-23(25)20-10-12-22(29)13-11-20)26-24(30)19-27-15-17-28(18-16-27)21-7-3-2-4-8-21/h2-4,7-8,10-13,23,29H,5-6,9,14-19H2,1H3,(H,26,30)/t23?,25-/m0/s1. The molecular formula is C25H33N3O2. The summed E-state index contributed by atoms with van der Waals surface area (Å²) in [7, 11) is 0. The third-order valence-corrected chi connectivity index (χ3v) is 6.79. The first-order valence-corrected chi connectivity index (χ1v) is 11.2. The van der Waals surface area contributed by atoms with Crippen molar-refractivity contribution in [2.75, 3.05) is 37.6 Å². The second-order valence-corrected chi connectivity index (χ2v) is 8.95. The summed E-state index contributed by atoms with van der Waals surface area (Å²) in [5.41, 5.74) is 2.22. The number of carbonyl (C=O) groups excluding carboxylic acids is 1. The number of nitrogens with zero attached hydrogens (tertiary/aromatic N) is 2. The van der Waals surface area contributed by atoms with Crippen LogP contribution in [0.1, 0.15) is 44.1 Å². The van der Waals surface area contributed by atoms with Gasteiger partial charge in [-0.25, -0.2) is 0 Å². The zero-order valence-electron chi connectivity index (χ0n) is 17.9. The number of rotatable bonds is 5. The molecule has 160 valence electrons. The largest absolute Gasteiger partial charge is 0.508 e. The molecule has 2 N–H and O–H groups in total. The molecule has 1 heterocycles. The minimum Gasteiger partial charge on any atom is -0.508 e. The van der Waals surface area contributed by atoms with Gasteiger partial charge >= 0.3 is 0 Å². The minimum atomic E-state index is -0.238. The molecule has 2 aromatic rings. The Morgan fingerprint density at radius 1 is 1.03 bits per heavy atom. The summed E-state index contributed by atoms with van der Waals surface area (Å²) in [4.78, 5) is 17.6. The molecule has 1 unspecified atom stereocenters. The summed E-state index contributed by atoms with van der Waals surface area (Å²) in [5, 5.41) is 13.0. The average molecular weight is 408 g/mol. The van der Waals surface area contributed by atoms with Crippen molar-refractivity contribution in [3.05, 3.63) is 60.2 Å². The summed E-state index contributed by atoms with van der Waals surface area (Å²) in [6.07, 6.45) is 4.38. The lowest BCUT2D eigenvalue weighted by Crippen LogP contribution is -2.56. The van der Waals surface area contributed by atoms with Crippen molar-refractivity contribution in [1.82, 2.24) is 10.2 Å². The van der Waals surface area contributed by atoms with Crippen LogP contribution < -0.4 is 10.2 Å². The zero-order valence-corrected chi connectivity index (χ0v) is 17.9. The predicted molar refractivity (Wildman–Crippen MR) is 121 cm³/mol. The highest BCUT2D eigenvalue weighted by Gasteiger charge is 2.38. The number of hydrogen-bond acceptors (Lipinski definition) is 4. The first-order valence-electron chi connectivity index (χ1n) is 11.2. The average Bonchev–Trinajstić information content (AvgIpc) is 2.76. The number of benzene rings is 2. The molecule has 4 rings (SSSR count). The Balaban J connectivity index is 1.34. The first-order chi connectivity index (χ1) is 14.5. The number of phenols is 1. The number of aromatic hydroxyl groups is 1. The van der Waals surface area contributed by atoms with E-state index < -0.39 is 0 Å². The normalized spacial score (nSPS) is 25.1.